The molecule has 1 heterocycles. The van der Waals surface area contributed by atoms with Gasteiger partial charge in [0, 0.05) is 24.5 Å². The predicted octanol–water partition coefficient (Wildman–Crippen LogP) is 4.08. The number of carbonyl (C=O) groups excluding carboxylic acids is 1. The maximum absolute atomic E-state index is 12.3. The van der Waals surface area contributed by atoms with Crippen LogP contribution in [-0.4, -0.2) is 28.2 Å². The molecule has 0 bridgehead atoms. The van der Waals surface area contributed by atoms with Crippen molar-refractivity contribution in [2.45, 2.75) is 18.5 Å². The number of rotatable bonds is 9. The topological polar surface area (TPSA) is 73.3 Å². The van der Waals surface area contributed by atoms with Gasteiger partial charge in [0.25, 0.3) is 5.88 Å². The first-order valence-electron chi connectivity index (χ1n) is 8.90. The quantitative estimate of drug-likeness (QED) is 0.551. The van der Waals surface area contributed by atoms with Crippen molar-refractivity contribution in [3.8, 4) is 17.4 Å². The summed E-state index contributed by atoms with van der Waals surface area (Å²) >= 11 is 1.28. The van der Waals surface area contributed by atoms with Crippen LogP contribution >= 0.6 is 11.8 Å². The van der Waals surface area contributed by atoms with Gasteiger partial charge in [-0.25, -0.2) is 9.97 Å². The maximum Gasteiger partial charge on any atom is 0.252 e. The Morgan fingerprint density at radius 2 is 1.79 bits per heavy atom. The van der Waals surface area contributed by atoms with Gasteiger partial charge in [-0.1, -0.05) is 48.2 Å². The molecule has 0 spiro atoms. The highest BCUT2D eigenvalue weighted by Gasteiger charge is 2.12. The number of ether oxygens (including phenoxy) is 2. The first-order chi connectivity index (χ1) is 13.8. The lowest BCUT2D eigenvalue weighted by Crippen LogP contribution is -2.25. The molecule has 3 aromatic rings. The van der Waals surface area contributed by atoms with E-state index in [1.54, 1.807) is 12.4 Å². The van der Waals surface area contributed by atoms with Crippen LogP contribution in [0.25, 0.3) is 0 Å². The number of nitrogens with one attached hydrogen (secondary N) is 1. The fourth-order valence-corrected chi connectivity index (χ4v) is 3.13. The molecule has 1 amide bonds. The molecule has 0 aliphatic rings. The van der Waals surface area contributed by atoms with Crippen LogP contribution in [0.15, 0.2) is 72.0 Å². The van der Waals surface area contributed by atoms with Gasteiger partial charge in [-0.3, -0.25) is 4.79 Å². The Balaban J connectivity index is 1.55. The smallest absolute Gasteiger partial charge is 0.252 e. The molecule has 144 valence electrons. The van der Waals surface area contributed by atoms with E-state index in [1.165, 1.54) is 11.8 Å². The number of nitrogens with zero attached hydrogens (tertiary/aromatic N) is 2. The van der Waals surface area contributed by atoms with Crippen molar-refractivity contribution in [2.75, 3.05) is 12.4 Å². The number of para-hydroxylation sites is 2. The van der Waals surface area contributed by atoms with Gasteiger partial charge in [0.2, 0.25) is 5.91 Å². The summed E-state index contributed by atoms with van der Waals surface area (Å²) in [5.41, 5.74) is 0.940. The fraction of sp³-hybridized carbons (Fsp3) is 0.190. The number of amides is 1. The molecule has 0 saturated carbocycles. The highest BCUT2D eigenvalue weighted by molar-refractivity contribution is 8.00. The average molecular weight is 395 g/mol. The summed E-state index contributed by atoms with van der Waals surface area (Å²) < 4.78 is 11.4. The summed E-state index contributed by atoms with van der Waals surface area (Å²) in [6.07, 6.45) is 3.14. The van der Waals surface area contributed by atoms with Gasteiger partial charge in [0.15, 0.2) is 5.03 Å². The standard InChI is InChI=1S/C21H21N3O3S/c1-2-26-18-11-7-6-8-16(18)14-24-19(25)15-28-21-20(22-12-13-23-21)27-17-9-4-3-5-10-17/h3-13H,2,14-15H2,1H3,(H,24,25). The molecule has 0 saturated heterocycles. The summed E-state index contributed by atoms with van der Waals surface area (Å²) in [5, 5.41) is 3.47. The second-order valence-corrected chi connectivity index (χ2v) is 6.65. The van der Waals surface area contributed by atoms with E-state index in [0.717, 1.165) is 11.3 Å². The van der Waals surface area contributed by atoms with Crippen LogP contribution < -0.4 is 14.8 Å². The Hall–Kier alpha value is -3.06. The molecule has 0 aliphatic heterocycles. The zero-order valence-electron chi connectivity index (χ0n) is 15.5. The molecule has 3 rings (SSSR count). The maximum atomic E-state index is 12.3. The third-order valence-corrected chi connectivity index (χ3v) is 4.64. The van der Waals surface area contributed by atoms with Gasteiger partial charge in [-0.2, -0.15) is 0 Å². The second kappa shape index (κ2) is 10.3. The molecular weight excluding hydrogens is 374 g/mol. The molecule has 1 aromatic heterocycles. The molecule has 0 aliphatic carbocycles. The highest BCUT2D eigenvalue weighted by atomic mass is 32.2. The Kier molecular flexibility index (Phi) is 7.26. The number of aromatic nitrogens is 2. The molecule has 7 heteroatoms. The van der Waals surface area contributed by atoms with E-state index >= 15 is 0 Å². The normalized spacial score (nSPS) is 10.3. The summed E-state index contributed by atoms with van der Waals surface area (Å²) in [7, 11) is 0. The number of hydrogen-bond acceptors (Lipinski definition) is 6. The van der Waals surface area contributed by atoms with Crippen molar-refractivity contribution in [1.29, 1.82) is 0 Å². The summed E-state index contributed by atoms with van der Waals surface area (Å²) in [4.78, 5) is 20.8. The van der Waals surface area contributed by atoms with Crippen molar-refractivity contribution in [2.24, 2.45) is 0 Å². The van der Waals surface area contributed by atoms with Gasteiger partial charge in [-0.05, 0) is 25.1 Å². The molecule has 0 radical (unpaired) electrons. The zero-order chi connectivity index (χ0) is 19.6. The van der Waals surface area contributed by atoms with Crippen LogP contribution in [0.5, 0.6) is 17.4 Å². The van der Waals surface area contributed by atoms with Crippen molar-refractivity contribution >= 4 is 17.7 Å². The van der Waals surface area contributed by atoms with Crippen LogP contribution in [0.4, 0.5) is 0 Å². The van der Waals surface area contributed by atoms with Crippen molar-refractivity contribution in [3.05, 3.63) is 72.6 Å². The Labute approximate surface area is 168 Å². The number of hydrogen-bond donors (Lipinski definition) is 1. The van der Waals surface area contributed by atoms with Crippen molar-refractivity contribution < 1.29 is 14.3 Å². The lowest BCUT2D eigenvalue weighted by atomic mass is 10.2. The van der Waals surface area contributed by atoms with Gasteiger partial charge >= 0.3 is 0 Å². The number of carbonyl (C=O) groups is 1. The minimum absolute atomic E-state index is 0.104. The number of benzene rings is 2. The van der Waals surface area contributed by atoms with Crippen LogP contribution in [0.1, 0.15) is 12.5 Å². The zero-order valence-corrected chi connectivity index (χ0v) is 16.3. The molecular formula is C21H21N3O3S. The van der Waals surface area contributed by atoms with Gasteiger partial charge in [0.05, 0.1) is 12.4 Å². The molecule has 2 aromatic carbocycles. The Morgan fingerprint density at radius 3 is 2.61 bits per heavy atom. The minimum atomic E-state index is -0.104. The van der Waals surface area contributed by atoms with E-state index in [2.05, 4.69) is 15.3 Å². The van der Waals surface area contributed by atoms with Crippen LogP contribution in [0, 0.1) is 0 Å². The first-order valence-corrected chi connectivity index (χ1v) is 9.89. The summed E-state index contributed by atoms with van der Waals surface area (Å²) in [6, 6.07) is 17.0. The summed E-state index contributed by atoms with van der Waals surface area (Å²) in [5.74, 6) is 1.94. The van der Waals surface area contributed by atoms with Crippen molar-refractivity contribution in [3.63, 3.8) is 0 Å². The molecule has 1 N–H and O–H groups in total. The molecule has 0 unspecified atom stereocenters. The van der Waals surface area contributed by atoms with E-state index < -0.39 is 0 Å². The minimum Gasteiger partial charge on any atom is -0.494 e. The monoisotopic (exact) mass is 395 g/mol. The SMILES string of the molecule is CCOc1ccccc1CNC(=O)CSc1nccnc1Oc1ccccc1. The van der Waals surface area contributed by atoms with Crippen LogP contribution in [0.2, 0.25) is 0 Å². The lowest BCUT2D eigenvalue weighted by molar-refractivity contribution is -0.118. The van der Waals surface area contributed by atoms with Crippen LogP contribution in [0.3, 0.4) is 0 Å². The average Bonchev–Trinajstić information content (AvgIpc) is 2.73. The Bertz CT molecular complexity index is 906. The van der Waals surface area contributed by atoms with E-state index in [-0.39, 0.29) is 11.7 Å². The van der Waals surface area contributed by atoms with Gasteiger partial charge < -0.3 is 14.8 Å². The van der Waals surface area contributed by atoms with E-state index in [0.29, 0.717) is 29.8 Å². The van der Waals surface area contributed by atoms with Gasteiger partial charge in [-0.15, -0.1) is 0 Å². The van der Waals surface area contributed by atoms with E-state index in [9.17, 15) is 4.79 Å². The van der Waals surface area contributed by atoms with Gasteiger partial charge in [0.1, 0.15) is 11.5 Å². The van der Waals surface area contributed by atoms with E-state index in [4.69, 9.17) is 9.47 Å². The molecule has 6 nitrogen and oxygen atoms in total. The first kappa shape index (κ1) is 19.7. The van der Waals surface area contributed by atoms with E-state index in [1.807, 2.05) is 61.5 Å². The molecule has 0 fully saturated rings. The van der Waals surface area contributed by atoms with Crippen molar-refractivity contribution in [1.82, 2.24) is 15.3 Å². The lowest BCUT2D eigenvalue weighted by Gasteiger charge is -2.11. The Morgan fingerprint density at radius 1 is 1.04 bits per heavy atom. The molecule has 28 heavy (non-hydrogen) atoms. The third kappa shape index (κ3) is 5.72. The second-order valence-electron chi connectivity index (χ2n) is 5.69. The van der Waals surface area contributed by atoms with Crippen LogP contribution in [-0.2, 0) is 11.3 Å². The number of thioether (sulfide) groups is 1. The molecule has 0 atom stereocenters. The largest absolute Gasteiger partial charge is 0.494 e. The predicted molar refractivity (Wildman–Crippen MR) is 109 cm³/mol. The summed E-state index contributed by atoms with van der Waals surface area (Å²) in [6.45, 7) is 2.92. The highest BCUT2D eigenvalue weighted by Crippen LogP contribution is 2.28. The fourth-order valence-electron chi connectivity index (χ4n) is 2.41. The third-order valence-electron chi connectivity index (χ3n) is 3.68.